The minimum absolute atomic E-state index is 0.0284. The van der Waals surface area contributed by atoms with Crippen molar-refractivity contribution in [3.05, 3.63) is 28.2 Å². The van der Waals surface area contributed by atoms with Crippen LogP contribution in [0.25, 0.3) is 0 Å². The van der Waals surface area contributed by atoms with Crippen LogP contribution in [0.1, 0.15) is 37.7 Å². The van der Waals surface area contributed by atoms with E-state index in [1.807, 2.05) is 18.2 Å². The lowest BCUT2D eigenvalue weighted by Crippen LogP contribution is -2.25. The van der Waals surface area contributed by atoms with Crippen LogP contribution in [0.15, 0.2) is 22.7 Å². The third-order valence-electron chi connectivity index (χ3n) is 3.48. The Hall–Kier alpha value is -1.01. The van der Waals surface area contributed by atoms with Gasteiger partial charge in [0.25, 0.3) is 0 Å². The lowest BCUT2D eigenvalue weighted by atomic mass is 9.99. The number of ether oxygens (including phenoxy) is 1. The quantitative estimate of drug-likeness (QED) is 0.748. The number of nitrogens with zero attached hydrogens (tertiary/aromatic N) is 1. The van der Waals surface area contributed by atoms with Crippen molar-refractivity contribution in [1.29, 1.82) is 5.26 Å². The summed E-state index contributed by atoms with van der Waals surface area (Å²) in [4.78, 5) is 0. The molecule has 1 saturated carbocycles. The second-order valence-corrected chi connectivity index (χ2v) is 5.82. The topological polar surface area (TPSA) is 33.0 Å². The summed E-state index contributed by atoms with van der Waals surface area (Å²) in [6.45, 7) is 2.05. The highest BCUT2D eigenvalue weighted by atomic mass is 79.9. The van der Waals surface area contributed by atoms with Crippen LogP contribution in [-0.2, 0) is 0 Å². The highest BCUT2D eigenvalue weighted by Gasteiger charge is 2.25. The first-order valence-electron chi connectivity index (χ1n) is 6.53. The summed E-state index contributed by atoms with van der Waals surface area (Å²) in [6, 6.07) is 8.48. The predicted molar refractivity (Wildman–Crippen MR) is 75.5 cm³/mol. The van der Waals surface area contributed by atoms with Crippen LogP contribution >= 0.6 is 15.9 Å². The Balaban J connectivity index is 2.13. The fourth-order valence-corrected chi connectivity index (χ4v) is 3.01. The van der Waals surface area contributed by atoms with E-state index in [4.69, 9.17) is 4.74 Å². The molecule has 1 aromatic carbocycles. The SMILES string of the molecule is Cc1ccc(OC2CCCCCC2C#N)c(Br)c1. The first-order valence-corrected chi connectivity index (χ1v) is 7.32. The van der Waals surface area contributed by atoms with Crippen LogP contribution in [0.5, 0.6) is 5.75 Å². The molecule has 1 aliphatic rings. The molecule has 0 N–H and O–H groups in total. The van der Waals surface area contributed by atoms with E-state index in [1.165, 1.54) is 12.0 Å². The van der Waals surface area contributed by atoms with Crippen molar-refractivity contribution < 1.29 is 4.74 Å². The zero-order chi connectivity index (χ0) is 13.0. The second-order valence-electron chi connectivity index (χ2n) is 4.96. The number of benzene rings is 1. The maximum atomic E-state index is 9.24. The van der Waals surface area contributed by atoms with Crippen LogP contribution in [0, 0.1) is 24.2 Å². The number of hydrogen-bond acceptors (Lipinski definition) is 2. The monoisotopic (exact) mass is 307 g/mol. The van der Waals surface area contributed by atoms with Gasteiger partial charge in [0.05, 0.1) is 16.5 Å². The van der Waals surface area contributed by atoms with E-state index < -0.39 is 0 Å². The Kier molecular flexibility index (Phi) is 4.66. The van der Waals surface area contributed by atoms with Crippen molar-refractivity contribution in [1.82, 2.24) is 0 Å². The molecule has 1 aliphatic carbocycles. The van der Waals surface area contributed by atoms with Gasteiger partial charge in [-0.25, -0.2) is 0 Å². The molecule has 18 heavy (non-hydrogen) atoms. The van der Waals surface area contributed by atoms with E-state index in [0.717, 1.165) is 35.9 Å². The molecule has 2 unspecified atom stereocenters. The Bertz CT molecular complexity index is 452. The zero-order valence-electron chi connectivity index (χ0n) is 10.7. The van der Waals surface area contributed by atoms with E-state index in [1.54, 1.807) is 0 Å². The van der Waals surface area contributed by atoms with E-state index in [2.05, 4.69) is 28.9 Å². The summed E-state index contributed by atoms with van der Waals surface area (Å²) >= 11 is 3.53. The van der Waals surface area contributed by atoms with Gasteiger partial charge in [-0.3, -0.25) is 0 Å². The largest absolute Gasteiger partial charge is 0.488 e. The number of hydrogen-bond donors (Lipinski definition) is 0. The van der Waals surface area contributed by atoms with Crippen molar-refractivity contribution in [2.45, 2.75) is 45.1 Å². The minimum atomic E-state index is 0.0284. The molecule has 2 rings (SSSR count). The van der Waals surface area contributed by atoms with Gasteiger partial charge in [0.2, 0.25) is 0 Å². The van der Waals surface area contributed by atoms with Crippen LogP contribution in [0.3, 0.4) is 0 Å². The molecule has 0 heterocycles. The summed E-state index contributed by atoms with van der Waals surface area (Å²) in [6.07, 6.45) is 5.51. The fraction of sp³-hybridized carbons (Fsp3) is 0.533. The molecule has 0 spiro atoms. The van der Waals surface area contributed by atoms with Gasteiger partial charge in [-0.1, -0.05) is 18.9 Å². The standard InChI is InChI=1S/C15H18BrNO/c1-11-7-8-15(13(16)9-11)18-14-6-4-2-3-5-12(14)10-17/h7-9,12,14H,2-6H2,1H3. The van der Waals surface area contributed by atoms with E-state index in [9.17, 15) is 5.26 Å². The maximum Gasteiger partial charge on any atom is 0.133 e. The van der Waals surface area contributed by atoms with Crippen molar-refractivity contribution >= 4 is 15.9 Å². The van der Waals surface area contributed by atoms with E-state index in [-0.39, 0.29) is 12.0 Å². The molecule has 96 valence electrons. The van der Waals surface area contributed by atoms with Crippen molar-refractivity contribution in [3.8, 4) is 11.8 Å². The van der Waals surface area contributed by atoms with E-state index >= 15 is 0 Å². The molecule has 1 fully saturated rings. The molecule has 0 amide bonds. The van der Waals surface area contributed by atoms with Gasteiger partial charge in [-0.15, -0.1) is 0 Å². The highest BCUT2D eigenvalue weighted by Crippen LogP contribution is 2.31. The highest BCUT2D eigenvalue weighted by molar-refractivity contribution is 9.10. The molecule has 0 bridgehead atoms. The molecular formula is C15H18BrNO. The maximum absolute atomic E-state index is 9.24. The van der Waals surface area contributed by atoms with Gasteiger partial charge in [-0.05, 0) is 59.8 Å². The summed E-state index contributed by atoms with van der Waals surface area (Å²) in [5, 5.41) is 9.24. The Morgan fingerprint density at radius 1 is 1.28 bits per heavy atom. The smallest absolute Gasteiger partial charge is 0.133 e. The Labute approximate surface area is 117 Å². The molecule has 0 aromatic heterocycles. The molecular weight excluding hydrogens is 290 g/mol. The average Bonchev–Trinajstić information content (AvgIpc) is 2.57. The number of halogens is 1. The molecule has 2 nitrogen and oxygen atoms in total. The van der Waals surface area contributed by atoms with Gasteiger partial charge >= 0.3 is 0 Å². The van der Waals surface area contributed by atoms with Crippen LogP contribution in [0.2, 0.25) is 0 Å². The van der Waals surface area contributed by atoms with Crippen LogP contribution in [-0.4, -0.2) is 6.10 Å². The third kappa shape index (κ3) is 3.26. The van der Waals surface area contributed by atoms with Crippen LogP contribution in [0.4, 0.5) is 0 Å². The summed E-state index contributed by atoms with van der Waals surface area (Å²) < 4.78 is 7.03. The summed E-state index contributed by atoms with van der Waals surface area (Å²) in [5.74, 6) is 0.883. The van der Waals surface area contributed by atoms with E-state index in [0.29, 0.717) is 0 Å². The second kappa shape index (κ2) is 6.24. The fourth-order valence-electron chi connectivity index (χ4n) is 2.43. The lowest BCUT2D eigenvalue weighted by molar-refractivity contribution is 0.151. The zero-order valence-corrected chi connectivity index (χ0v) is 12.2. The normalized spacial score (nSPS) is 24.1. The number of aryl methyl sites for hydroxylation is 1. The lowest BCUT2D eigenvalue weighted by Gasteiger charge is -2.22. The third-order valence-corrected chi connectivity index (χ3v) is 4.10. The Morgan fingerprint density at radius 3 is 2.78 bits per heavy atom. The number of rotatable bonds is 2. The summed E-state index contributed by atoms with van der Waals surface area (Å²) in [5.41, 5.74) is 1.20. The molecule has 0 saturated heterocycles. The van der Waals surface area contributed by atoms with Gasteiger partial charge in [0.15, 0.2) is 0 Å². The summed E-state index contributed by atoms with van der Waals surface area (Å²) in [7, 11) is 0. The van der Waals surface area contributed by atoms with Crippen molar-refractivity contribution in [2.75, 3.05) is 0 Å². The molecule has 0 radical (unpaired) electrons. The van der Waals surface area contributed by atoms with Crippen LogP contribution < -0.4 is 4.74 Å². The first kappa shape index (κ1) is 13.4. The Morgan fingerprint density at radius 2 is 2.06 bits per heavy atom. The van der Waals surface area contributed by atoms with Gasteiger partial charge in [0, 0.05) is 0 Å². The van der Waals surface area contributed by atoms with Crippen molar-refractivity contribution in [2.24, 2.45) is 5.92 Å². The first-order chi connectivity index (χ1) is 8.70. The predicted octanol–water partition coefficient (Wildman–Crippen LogP) is 4.61. The molecule has 3 heteroatoms. The number of nitriles is 1. The minimum Gasteiger partial charge on any atom is -0.488 e. The molecule has 2 atom stereocenters. The van der Waals surface area contributed by atoms with Gasteiger partial charge in [-0.2, -0.15) is 5.26 Å². The molecule has 1 aromatic rings. The van der Waals surface area contributed by atoms with Crippen molar-refractivity contribution in [3.63, 3.8) is 0 Å². The average molecular weight is 308 g/mol. The van der Waals surface area contributed by atoms with Gasteiger partial charge < -0.3 is 4.74 Å². The molecule has 0 aliphatic heterocycles. The van der Waals surface area contributed by atoms with Gasteiger partial charge in [0.1, 0.15) is 11.9 Å².